The van der Waals surface area contributed by atoms with Gasteiger partial charge in [-0.2, -0.15) is 0 Å². The molecule has 0 saturated heterocycles. The van der Waals surface area contributed by atoms with Crippen molar-refractivity contribution in [2.24, 2.45) is 0 Å². The molecule has 5 nitrogen and oxygen atoms in total. The van der Waals surface area contributed by atoms with Gasteiger partial charge >= 0.3 is 0 Å². The smallest absolute Gasteiger partial charge is 0.145 e. The van der Waals surface area contributed by atoms with Crippen molar-refractivity contribution in [3.8, 4) is 33.8 Å². The molecule has 0 spiro atoms. The fraction of sp³-hybridized carbons (Fsp3) is 0.0484. The normalized spacial score (nSPS) is 12.5. The molecule has 318 valence electrons. The molecule has 4 heterocycles. The number of benzene rings is 9. The van der Waals surface area contributed by atoms with Crippen LogP contribution >= 0.6 is 0 Å². The predicted octanol–water partition coefficient (Wildman–Crippen LogP) is 16.7. The van der Waals surface area contributed by atoms with Gasteiger partial charge in [-0.3, -0.25) is 4.40 Å². The van der Waals surface area contributed by atoms with E-state index in [2.05, 4.69) is 240 Å². The molecule has 67 heavy (non-hydrogen) atoms. The van der Waals surface area contributed by atoms with Crippen LogP contribution in [0.3, 0.4) is 0 Å². The molecule has 9 aromatic carbocycles. The number of nitrogens with zero attached hydrogens (tertiary/aromatic N) is 4. The van der Waals surface area contributed by atoms with Gasteiger partial charge in [0, 0.05) is 56.7 Å². The van der Waals surface area contributed by atoms with Gasteiger partial charge in [0.05, 0.1) is 28.1 Å². The van der Waals surface area contributed by atoms with Crippen LogP contribution in [0.2, 0.25) is 0 Å². The highest BCUT2D eigenvalue weighted by Crippen LogP contribution is 2.50. The zero-order valence-corrected chi connectivity index (χ0v) is 37.2. The summed E-state index contributed by atoms with van der Waals surface area (Å²) >= 11 is 0. The number of hydrogen-bond donors (Lipinski definition) is 0. The summed E-state index contributed by atoms with van der Waals surface area (Å²) in [5.41, 5.74) is 14.8. The molecule has 12 aromatic rings. The van der Waals surface area contributed by atoms with E-state index < -0.39 is 0 Å². The standard InChI is InChI=1S/C62H44N4O/c1-40-28-31-49-50-32-29-41(2)36-56(50)54-25-14-34-63-62(54)66-59-38-46(30-33-51(59)52-23-13-24-53(61(52)66)55(49)35-40)67-45-20-11-19-44(37-45)64-39-65(58-27-10-9-26-57(58)64)60-47(42-15-5-3-6-16-42)21-12-22-48(60)43-17-7-4-8-18-43/h3-38H,39H2,1-2H3. The molecule has 0 saturated carbocycles. The first-order valence-electron chi connectivity index (χ1n) is 23.0. The van der Waals surface area contributed by atoms with E-state index in [0.717, 1.165) is 56.0 Å². The minimum atomic E-state index is 0.624. The summed E-state index contributed by atoms with van der Waals surface area (Å²) in [5, 5.41) is 9.38. The van der Waals surface area contributed by atoms with E-state index >= 15 is 0 Å². The monoisotopic (exact) mass is 860 g/mol. The number of aryl methyl sites for hydroxylation is 2. The van der Waals surface area contributed by atoms with Crippen LogP contribution in [-0.4, -0.2) is 16.1 Å². The van der Waals surface area contributed by atoms with Crippen molar-refractivity contribution in [3.63, 3.8) is 0 Å². The SMILES string of the molecule is Cc1ccc2c3ccc(C)cc3c3cccc4c5ccc(Oc6cccc(N7CN(c8c(-c9ccccc9)cccc8-c8ccccc8)c8ccccc87)c6)cc5n(c5ncccc5c2c1)c34. The number of pyridine rings is 1. The Hall–Kier alpha value is -8.67. The number of aromatic nitrogens is 2. The van der Waals surface area contributed by atoms with Crippen molar-refractivity contribution in [1.29, 1.82) is 0 Å². The molecule has 0 atom stereocenters. The van der Waals surface area contributed by atoms with Gasteiger partial charge in [0.1, 0.15) is 23.8 Å². The zero-order valence-electron chi connectivity index (χ0n) is 37.2. The fourth-order valence-corrected chi connectivity index (χ4v) is 10.6. The Morgan fingerprint density at radius 3 is 1.69 bits per heavy atom. The van der Waals surface area contributed by atoms with Crippen LogP contribution in [0.1, 0.15) is 11.1 Å². The number of para-hydroxylation sites is 4. The largest absolute Gasteiger partial charge is 0.457 e. The molecular formula is C62H44N4O. The van der Waals surface area contributed by atoms with Gasteiger partial charge in [-0.1, -0.05) is 163 Å². The summed E-state index contributed by atoms with van der Waals surface area (Å²) in [6, 6.07) is 76.5. The number of hydrogen-bond acceptors (Lipinski definition) is 4. The van der Waals surface area contributed by atoms with Crippen LogP contribution < -0.4 is 14.5 Å². The number of anilines is 4. The first-order valence-corrected chi connectivity index (χ1v) is 23.0. The summed E-state index contributed by atoms with van der Waals surface area (Å²) in [4.78, 5) is 10.1. The van der Waals surface area contributed by atoms with E-state index in [-0.39, 0.29) is 0 Å². The molecule has 0 amide bonds. The van der Waals surface area contributed by atoms with E-state index in [1.54, 1.807) is 0 Å². The van der Waals surface area contributed by atoms with Gasteiger partial charge in [-0.15, -0.1) is 0 Å². The van der Waals surface area contributed by atoms with Crippen LogP contribution in [0.25, 0.3) is 82.0 Å². The topological polar surface area (TPSA) is 33.0 Å². The summed E-state index contributed by atoms with van der Waals surface area (Å²) in [5.74, 6) is 1.51. The maximum Gasteiger partial charge on any atom is 0.145 e. The maximum absolute atomic E-state index is 6.92. The second kappa shape index (κ2) is 15.5. The molecule has 0 N–H and O–H groups in total. The number of rotatable bonds is 6. The second-order valence-electron chi connectivity index (χ2n) is 17.7. The predicted molar refractivity (Wildman–Crippen MR) is 280 cm³/mol. The molecule has 0 radical (unpaired) electrons. The third kappa shape index (κ3) is 6.34. The van der Waals surface area contributed by atoms with Crippen LogP contribution in [-0.2, 0) is 0 Å². The highest BCUT2D eigenvalue weighted by molar-refractivity contribution is 6.25. The third-order valence-corrected chi connectivity index (χ3v) is 13.6. The van der Waals surface area contributed by atoms with E-state index in [1.165, 1.54) is 71.4 Å². The van der Waals surface area contributed by atoms with Crippen LogP contribution in [0.15, 0.2) is 219 Å². The lowest BCUT2D eigenvalue weighted by Crippen LogP contribution is -2.24. The Kier molecular flexibility index (Phi) is 8.97. The average molecular weight is 861 g/mol. The third-order valence-electron chi connectivity index (χ3n) is 13.6. The second-order valence-corrected chi connectivity index (χ2v) is 17.7. The zero-order chi connectivity index (χ0) is 44.6. The quantitative estimate of drug-likeness (QED) is 0.167. The van der Waals surface area contributed by atoms with Gasteiger partial charge in [-0.05, 0) is 95.1 Å². The molecule has 0 unspecified atom stereocenters. The molecule has 0 bridgehead atoms. The Labute approximate surface area is 388 Å². The van der Waals surface area contributed by atoms with Crippen molar-refractivity contribution in [1.82, 2.24) is 9.38 Å². The van der Waals surface area contributed by atoms with E-state index in [4.69, 9.17) is 9.72 Å². The molecule has 3 aromatic heterocycles. The van der Waals surface area contributed by atoms with Crippen molar-refractivity contribution in [2.75, 3.05) is 16.5 Å². The maximum atomic E-state index is 6.92. The van der Waals surface area contributed by atoms with Crippen LogP contribution in [0.5, 0.6) is 11.5 Å². The average Bonchev–Trinajstić information content (AvgIpc) is 3.93. The van der Waals surface area contributed by atoms with Crippen molar-refractivity contribution >= 4 is 82.5 Å². The summed E-state index contributed by atoms with van der Waals surface area (Å²) in [6.07, 6.45) is 1.91. The van der Waals surface area contributed by atoms with Crippen LogP contribution in [0.4, 0.5) is 22.7 Å². The Morgan fingerprint density at radius 1 is 0.418 bits per heavy atom. The highest BCUT2D eigenvalue weighted by Gasteiger charge is 2.31. The molecule has 1 aliphatic heterocycles. The Morgan fingerprint density at radius 2 is 0.985 bits per heavy atom. The molecule has 5 heteroatoms. The molecule has 0 fully saturated rings. The summed E-state index contributed by atoms with van der Waals surface area (Å²) < 4.78 is 9.29. The lowest BCUT2D eigenvalue weighted by atomic mass is 9.95. The van der Waals surface area contributed by atoms with Gasteiger partial charge in [0.2, 0.25) is 0 Å². The first-order chi connectivity index (χ1) is 33.1. The first kappa shape index (κ1) is 38.8. The minimum Gasteiger partial charge on any atom is -0.457 e. The van der Waals surface area contributed by atoms with Gasteiger partial charge in [0.15, 0.2) is 0 Å². The van der Waals surface area contributed by atoms with E-state index in [1.807, 2.05) is 6.20 Å². The minimum absolute atomic E-state index is 0.624. The lowest BCUT2D eigenvalue weighted by Gasteiger charge is -2.27. The summed E-state index contributed by atoms with van der Waals surface area (Å²) in [6.45, 7) is 4.97. The molecule has 1 aliphatic rings. The Bertz CT molecular complexity index is 3910. The van der Waals surface area contributed by atoms with Crippen molar-refractivity contribution in [2.45, 2.75) is 13.8 Å². The van der Waals surface area contributed by atoms with Gasteiger partial charge in [0.25, 0.3) is 0 Å². The fourth-order valence-electron chi connectivity index (χ4n) is 10.6. The molecule has 0 aliphatic carbocycles. The molecule has 13 rings (SSSR count). The summed E-state index contributed by atoms with van der Waals surface area (Å²) in [7, 11) is 0. The van der Waals surface area contributed by atoms with E-state index in [0.29, 0.717) is 6.67 Å². The molecular weight excluding hydrogens is 817 g/mol. The highest BCUT2D eigenvalue weighted by atomic mass is 16.5. The van der Waals surface area contributed by atoms with Crippen molar-refractivity contribution < 1.29 is 4.74 Å². The lowest BCUT2D eigenvalue weighted by molar-refractivity contribution is 0.483. The van der Waals surface area contributed by atoms with Crippen molar-refractivity contribution in [3.05, 3.63) is 230 Å². The van der Waals surface area contributed by atoms with E-state index in [9.17, 15) is 0 Å². The Balaban J connectivity index is 0.955. The number of fused-ring (bicyclic) bond motifs is 11. The van der Waals surface area contributed by atoms with Gasteiger partial charge in [-0.25, -0.2) is 4.98 Å². The van der Waals surface area contributed by atoms with Gasteiger partial charge < -0.3 is 14.5 Å². The number of ether oxygens (including phenoxy) is 1. The van der Waals surface area contributed by atoms with Crippen LogP contribution in [0, 0.1) is 13.8 Å².